The Labute approximate surface area is 203 Å². The van der Waals surface area contributed by atoms with E-state index >= 15 is 0 Å². The molecule has 3 aromatic rings. The van der Waals surface area contributed by atoms with Gasteiger partial charge < -0.3 is 15.2 Å². The van der Waals surface area contributed by atoms with E-state index in [1.165, 1.54) is 18.2 Å². The molecule has 0 saturated carbocycles. The number of carbonyl (C=O) groups excluding carboxylic acids is 1. The highest BCUT2D eigenvalue weighted by Crippen LogP contribution is 2.36. The van der Waals surface area contributed by atoms with Crippen molar-refractivity contribution in [3.05, 3.63) is 93.0 Å². The van der Waals surface area contributed by atoms with Crippen LogP contribution in [0.15, 0.2) is 60.7 Å². The van der Waals surface area contributed by atoms with Gasteiger partial charge in [0, 0.05) is 12.1 Å². The van der Waals surface area contributed by atoms with Gasteiger partial charge in [0.25, 0.3) is 5.91 Å². The molecule has 3 aromatic carbocycles. The van der Waals surface area contributed by atoms with Gasteiger partial charge in [-0.15, -0.1) is 0 Å². The minimum Gasteiger partial charge on any atom is -0.493 e. The van der Waals surface area contributed by atoms with E-state index in [2.05, 4.69) is 5.32 Å². The van der Waals surface area contributed by atoms with Crippen molar-refractivity contribution >= 4 is 40.8 Å². The average Bonchev–Trinajstić information content (AvgIpc) is 2.77. The van der Waals surface area contributed by atoms with Crippen LogP contribution in [0.3, 0.4) is 0 Å². The normalized spacial score (nSPS) is 11.2. The van der Waals surface area contributed by atoms with Crippen LogP contribution >= 0.6 is 23.2 Å². The smallest absolute Gasteiger partial charge is 0.417 e. The lowest BCUT2D eigenvalue weighted by atomic mass is 10.1. The number of hydrogen-bond acceptors (Lipinski definition) is 3. The molecule has 0 bridgehead atoms. The standard InChI is InChI=1S/C24H18Cl2F3NO4/c25-20-12-16(10-15(22(20)26)11-21(31)32)30-23(33)18-7-6-17(13-19(18)24(27,28)29)34-9-8-14-4-2-1-3-5-14/h1-7,10,12-13H,8-9,11H2,(H,30,33)(H,31,32). The number of alkyl halides is 3. The lowest BCUT2D eigenvalue weighted by Gasteiger charge is -2.16. The Morgan fingerprint density at radius 1 is 1.00 bits per heavy atom. The minimum atomic E-state index is -4.82. The molecule has 0 fully saturated rings. The molecular formula is C24H18Cl2F3NO4. The second-order valence-electron chi connectivity index (χ2n) is 7.25. The van der Waals surface area contributed by atoms with E-state index in [1.54, 1.807) is 0 Å². The van der Waals surface area contributed by atoms with E-state index in [0.717, 1.165) is 17.7 Å². The molecule has 3 rings (SSSR count). The molecule has 0 radical (unpaired) electrons. The predicted octanol–water partition coefficient (Wildman–Crippen LogP) is 6.51. The van der Waals surface area contributed by atoms with Crippen molar-refractivity contribution in [2.45, 2.75) is 19.0 Å². The molecule has 0 heterocycles. The van der Waals surface area contributed by atoms with Gasteiger partial charge in [0.2, 0.25) is 0 Å². The number of carbonyl (C=O) groups is 2. The Kier molecular flexibility index (Phi) is 8.06. The minimum absolute atomic E-state index is 0.00645. The van der Waals surface area contributed by atoms with Crippen LogP contribution < -0.4 is 10.1 Å². The van der Waals surface area contributed by atoms with Gasteiger partial charge in [0.1, 0.15) is 5.75 Å². The maximum atomic E-state index is 13.7. The van der Waals surface area contributed by atoms with Crippen molar-refractivity contribution in [1.29, 1.82) is 0 Å². The van der Waals surface area contributed by atoms with Crippen molar-refractivity contribution in [3.63, 3.8) is 0 Å². The molecule has 0 atom stereocenters. The summed E-state index contributed by atoms with van der Waals surface area (Å²) in [6.07, 6.45) is -4.80. The van der Waals surface area contributed by atoms with Crippen LogP contribution in [0.5, 0.6) is 5.75 Å². The summed E-state index contributed by atoms with van der Waals surface area (Å²) in [4.78, 5) is 23.7. The average molecular weight is 512 g/mol. The summed E-state index contributed by atoms with van der Waals surface area (Å²) in [5, 5.41) is 11.2. The maximum Gasteiger partial charge on any atom is 0.417 e. The van der Waals surface area contributed by atoms with E-state index < -0.39 is 35.6 Å². The first kappa shape index (κ1) is 25.4. The van der Waals surface area contributed by atoms with Crippen LogP contribution in [-0.2, 0) is 23.8 Å². The first-order valence-corrected chi connectivity index (χ1v) is 10.7. The zero-order valence-corrected chi connectivity index (χ0v) is 19.0. The van der Waals surface area contributed by atoms with Crippen molar-refractivity contribution in [2.75, 3.05) is 11.9 Å². The third-order valence-electron chi connectivity index (χ3n) is 4.75. The number of amides is 1. The fourth-order valence-electron chi connectivity index (χ4n) is 3.19. The monoisotopic (exact) mass is 511 g/mol. The molecule has 0 aliphatic carbocycles. The number of rotatable bonds is 8. The molecule has 0 aliphatic rings. The number of carboxylic acids is 1. The number of hydrogen-bond donors (Lipinski definition) is 2. The molecule has 0 saturated heterocycles. The predicted molar refractivity (Wildman–Crippen MR) is 123 cm³/mol. The zero-order valence-electron chi connectivity index (χ0n) is 17.5. The van der Waals surface area contributed by atoms with Crippen LogP contribution in [-0.4, -0.2) is 23.6 Å². The van der Waals surface area contributed by atoms with E-state index in [9.17, 15) is 22.8 Å². The molecule has 0 aromatic heterocycles. The summed E-state index contributed by atoms with van der Waals surface area (Å²) in [6.45, 7) is 0.155. The Hall–Kier alpha value is -3.23. The molecule has 178 valence electrons. The topological polar surface area (TPSA) is 75.6 Å². The Morgan fingerprint density at radius 2 is 1.71 bits per heavy atom. The van der Waals surface area contributed by atoms with Crippen LogP contribution in [0.2, 0.25) is 10.0 Å². The summed E-state index contributed by atoms with van der Waals surface area (Å²) < 4.78 is 46.6. The van der Waals surface area contributed by atoms with Crippen molar-refractivity contribution in [3.8, 4) is 5.75 Å². The van der Waals surface area contributed by atoms with Gasteiger partial charge in [-0.1, -0.05) is 53.5 Å². The van der Waals surface area contributed by atoms with Gasteiger partial charge in [-0.25, -0.2) is 0 Å². The number of benzene rings is 3. The molecule has 2 N–H and O–H groups in total. The van der Waals surface area contributed by atoms with Crippen molar-refractivity contribution in [1.82, 2.24) is 0 Å². The summed E-state index contributed by atoms with van der Waals surface area (Å²) in [5.41, 5.74) is -0.720. The highest BCUT2D eigenvalue weighted by atomic mass is 35.5. The number of anilines is 1. The zero-order chi connectivity index (χ0) is 24.9. The Balaban J connectivity index is 1.81. The summed E-state index contributed by atoms with van der Waals surface area (Å²) in [7, 11) is 0. The number of halogens is 5. The Morgan fingerprint density at radius 3 is 2.35 bits per heavy atom. The molecular weight excluding hydrogens is 494 g/mol. The molecule has 5 nitrogen and oxygen atoms in total. The lowest BCUT2D eigenvalue weighted by Crippen LogP contribution is -2.19. The van der Waals surface area contributed by atoms with Gasteiger partial charge in [0.05, 0.1) is 34.2 Å². The number of aliphatic carboxylic acids is 1. The van der Waals surface area contributed by atoms with Gasteiger partial charge in [-0.3, -0.25) is 9.59 Å². The fraction of sp³-hybridized carbons (Fsp3) is 0.167. The van der Waals surface area contributed by atoms with E-state index in [-0.39, 0.29) is 33.7 Å². The fourth-order valence-corrected chi connectivity index (χ4v) is 3.60. The summed E-state index contributed by atoms with van der Waals surface area (Å²) in [6, 6.07) is 14.8. The second-order valence-corrected chi connectivity index (χ2v) is 8.03. The molecule has 10 heteroatoms. The number of nitrogens with one attached hydrogen (secondary N) is 1. The molecule has 1 amide bonds. The van der Waals surface area contributed by atoms with Crippen molar-refractivity contribution < 1.29 is 32.6 Å². The van der Waals surface area contributed by atoms with Crippen LogP contribution in [0.25, 0.3) is 0 Å². The van der Waals surface area contributed by atoms with E-state index in [4.69, 9.17) is 33.0 Å². The van der Waals surface area contributed by atoms with Crippen LogP contribution in [0.1, 0.15) is 27.0 Å². The highest BCUT2D eigenvalue weighted by Gasteiger charge is 2.36. The summed E-state index contributed by atoms with van der Waals surface area (Å²) >= 11 is 12.0. The van der Waals surface area contributed by atoms with E-state index in [0.29, 0.717) is 6.42 Å². The molecule has 0 unspecified atom stereocenters. The third-order valence-corrected chi connectivity index (χ3v) is 5.59. The quantitative estimate of drug-likeness (QED) is 0.361. The first-order valence-electron chi connectivity index (χ1n) is 9.93. The lowest BCUT2D eigenvalue weighted by molar-refractivity contribution is -0.138. The van der Waals surface area contributed by atoms with Crippen LogP contribution in [0.4, 0.5) is 18.9 Å². The summed E-state index contributed by atoms with van der Waals surface area (Å²) in [5.74, 6) is -2.27. The van der Waals surface area contributed by atoms with Gasteiger partial charge >= 0.3 is 12.1 Å². The number of carboxylic acid groups (broad SMARTS) is 1. The van der Waals surface area contributed by atoms with Crippen LogP contribution in [0, 0.1) is 0 Å². The molecule has 34 heavy (non-hydrogen) atoms. The number of ether oxygens (including phenoxy) is 1. The largest absolute Gasteiger partial charge is 0.493 e. The highest BCUT2D eigenvalue weighted by molar-refractivity contribution is 6.42. The van der Waals surface area contributed by atoms with Gasteiger partial charge in [-0.05, 0) is 41.5 Å². The van der Waals surface area contributed by atoms with Gasteiger partial charge in [-0.2, -0.15) is 13.2 Å². The van der Waals surface area contributed by atoms with E-state index in [1.807, 2.05) is 30.3 Å². The molecule has 0 spiro atoms. The SMILES string of the molecule is O=C(O)Cc1cc(NC(=O)c2ccc(OCCc3ccccc3)cc2C(F)(F)F)cc(Cl)c1Cl. The second kappa shape index (κ2) is 10.8. The van der Waals surface area contributed by atoms with Crippen molar-refractivity contribution in [2.24, 2.45) is 0 Å². The first-order chi connectivity index (χ1) is 16.0. The third kappa shape index (κ3) is 6.65. The molecule has 0 aliphatic heterocycles. The maximum absolute atomic E-state index is 13.7. The Bertz CT molecular complexity index is 1200. The van der Waals surface area contributed by atoms with Gasteiger partial charge in [0.15, 0.2) is 0 Å².